The molecular formula is C22H10F14O2. The van der Waals surface area contributed by atoms with Crippen molar-refractivity contribution in [1.82, 2.24) is 0 Å². The minimum absolute atomic E-state index is 0.194. The van der Waals surface area contributed by atoms with E-state index in [9.17, 15) is 61.5 Å². The van der Waals surface area contributed by atoms with Crippen LogP contribution in [-0.2, 0) is 0 Å². The Labute approximate surface area is 203 Å². The molecule has 0 unspecified atom stereocenters. The zero-order chi connectivity index (χ0) is 29.5. The summed E-state index contributed by atoms with van der Waals surface area (Å²) in [5, 5.41) is -0.389. The van der Waals surface area contributed by atoms with E-state index >= 15 is 0 Å². The average Bonchev–Trinajstić information content (AvgIpc) is 2.78. The number of methoxy groups -OCH3 is 2. The number of halogens is 14. The number of hydrogen-bond donors (Lipinski definition) is 0. The van der Waals surface area contributed by atoms with Gasteiger partial charge in [0.25, 0.3) is 0 Å². The molecule has 0 spiro atoms. The lowest BCUT2D eigenvalue weighted by molar-refractivity contribution is -0.339. The highest BCUT2D eigenvalue weighted by Crippen LogP contribution is 2.47. The molecular weight excluding hydrogens is 562 g/mol. The molecule has 2 aromatic rings. The van der Waals surface area contributed by atoms with Crippen molar-refractivity contribution < 1.29 is 70.9 Å². The van der Waals surface area contributed by atoms with Crippen molar-refractivity contribution in [3.8, 4) is 35.2 Å². The van der Waals surface area contributed by atoms with E-state index in [0.29, 0.717) is 11.8 Å². The second-order valence-electron chi connectivity index (χ2n) is 7.18. The van der Waals surface area contributed by atoms with E-state index in [4.69, 9.17) is 9.47 Å². The van der Waals surface area contributed by atoms with Crippen LogP contribution < -0.4 is 9.47 Å². The smallest absolute Gasteiger partial charge is 0.461 e. The van der Waals surface area contributed by atoms with Crippen LogP contribution in [0.4, 0.5) is 61.5 Å². The fourth-order valence-electron chi connectivity index (χ4n) is 2.79. The summed E-state index contributed by atoms with van der Waals surface area (Å²) in [6.07, 6.45) is -13.3. The molecule has 2 nitrogen and oxygen atoms in total. The maximum Gasteiger partial charge on any atom is 0.461 e. The third-order valence-corrected chi connectivity index (χ3v) is 4.72. The highest BCUT2D eigenvalue weighted by atomic mass is 19.4. The quantitative estimate of drug-likeness (QED) is 0.285. The average molecular weight is 572 g/mol. The lowest BCUT2D eigenvalue weighted by atomic mass is 10.0. The van der Waals surface area contributed by atoms with E-state index in [0.717, 1.165) is 38.5 Å². The van der Waals surface area contributed by atoms with Crippen LogP contribution in [0, 0.1) is 23.7 Å². The highest BCUT2D eigenvalue weighted by Gasteiger charge is 2.73. The van der Waals surface area contributed by atoms with Crippen molar-refractivity contribution in [2.24, 2.45) is 0 Å². The fourth-order valence-corrected chi connectivity index (χ4v) is 2.79. The summed E-state index contributed by atoms with van der Waals surface area (Å²) in [5.41, 5.74) is -1.29. The van der Waals surface area contributed by atoms with Gasteiger partial charge in [-0.05, 0) is 36.1 Å². The summed E-state index contributed by atoms with van der Waals surface area (Å²) < 4.78 is 190. The Kier molecular flexibility index (Phi) is 7.77. The summed E-state index contributed by atoms with van der Waals surface area (Å²) in [6, 6.07) is 3.35. The Bertz CT molecular complexity index is 1230. The van der Waals surface area contributed by atoms with Gasteiger partial charge in [-0.25, -0.2) is 0 Å². The van der Waals surface area contributed by atoms with Crippen molar-refractivity contribution in [3.63, 3.8) is 0 Å². The van der Waals surface area contributed by atoms with E-state index < -0.39 is 58.7 Å². The topological polar surface area (TPSA) is 18.5 Å². The summed E-state index contributed by atoms with van der Waals surface area (Å²) in [4.78, 5) is 0. The molecule has 0 aliphatic rings. The molecule has 0 aromatic heterocycles. The predicted molar refractivity (Wildman–Crippen MR) is 103 cm³/mol. The molecule has 0 fully saturated rings. The SMILES string of the molecule is COc1c(C#CC(F)(F)C(F)(F)C(F)(F)F)ccc2c(OC)c(C#CC(F)(F)C(F)(F)C(F)(F)F)ccc12. The Morgan fingerprint density at radius 3 is 1.03 bits per heavy atom. The summed E-state index contributed by atoms with van der Waals surface area (Å²) >= 11 is 0. The summed E-state index contributed by atoms with van der Waals surface area (Å²) in [6.45, 7) is 0. The lowest BCUT2D eigenvalue weighted by Gasteiger charge is -2.24. The molecule has 0 radical (unpaired) electrons. The van der Waals surface area contributed by atoms with Crippen LogP contribution >= 0.6 is 0 Å². The fraction of sp³-hybridized carbons (Fsp3) is 0.364. The van der Waals surface area contributed by atoms with Gasteiger partial charge in [0.1, 0.15) is 11.5 Å². The molecule has 0 saturated heterocycles. The molecule has 38 heavy (non-hydrogen) atoms. The zero-order valence-electron chi connectivity index (χ0n) is 18.4. The molecule has 2 rings (SSSR count). The molecule has 0 bridgehead atoms. The van der Waals surface area contributed by atoms with E-state index in [2.05, 4.69) is 0 Å². The number of benzene rings is 2. The zero-order valence-corrected chi connectivity index (χ0v) is 18.4. The Morgan fingerprint density at radius 1 is 0.500 bits per heavy atom. The number of rotatable bonds is 4. The van der Waals surface area contributed by atoms with Gasteiger partial charge in [-0.2, -0.15) is 61.5 Å². The van der Waals surface area contributed by atoms with Crippen LogP contribution in [0.3, 0.4) is 0 Å². The first-order valence-electron chi connectivity index (χ1n) is 9.44. The summed E-state index contributed by atoms with van der Waals surface area (Å²) in [5.74, 6) is -21.8. The van der Waals surface area contributed by atoms with E-state index in [1.54, 1.807) is 0 Å². The standard InChI is InChI=1S/C22H10F14O2/c1-37-15-11(7-9-17(23,24)19(27,28)21(31,32)33)3-6-14-13(15)5-4-12(16(14)38-2)8-10-18(25,26)20(29,30)22(34,35)36/h3-6H,1-2H3. The van der Waals surface area contributed by atoms with Gasteiger partial charge < -0.3 is 9.47 Å². The Hall–Kier alpha value is -3.56. The van der Waals surface area contributed by atoms with Crippen LogP contribution in [0.25, 0.3) is 10.8 Å². The molecule has 0 aliphatic carbocycles. The normalized spacial score (nSPS) is 13.4. The molecule has 16 heteroatoms. The number of ether oxygens (including phenoxy) is 2. The molecule has 0 atom stereocenters. The van der Waals surface area contributed by atoms with Crippen molar-refractivity contribution in [1.29, 1.82) is 0 Å². The van der Waals surface area contributed by atoms with Gasteiger partial charge in [0, 0.05) is 10.8 Å². The lowest BCUT2D eigenvalue weighted by Crippen LogP contribution is -2.51. The first-order chi connectivity index (χ1) is 17.1. The Balaban J connectivity index is 2.67. The van der Waals surface area contributed by atoms with Crippen LogP contribution in [0.1, 0.15) is 11.1 Å². The maximum atomic E-state index is 13.5. The van der Waals surface area contributed by atoms with Gasteiger partial charge in [-0.15, -0.1) is 0 Å². The van der Waals surface area contributed by atoms with Gasteiger partial charge >= 0.3 is 36.0 Å². The third-order valence-electron chi connectivity index (χ3n) is 4.72. The molecule has 0 heterocycles. The first-order valence-corrected chi connectivity index (χ1v) is 9.44. The molecule has 2 aromatic carbocycles. The summed E-state index contributed by atoms with van der Waals surface area (Å²) in [7, 11) is 1.81. The van der Waals surface area contributed by atoms with Crippen molar-refractivity contribution in [3.05, 3.63) is 35.4 Å². The second-order valence-corrected chi connectivity index (χ2v) is 7.18. The van der Waals surface area contributed by atoms with Gasteiger partial charge in [0.2, 0.25) is 0 Å². The highest BCUT2D eigenvalue weighted by molar-refractivity contribution is 5.96. The molecule has 0 amide bonds. The van der Waals surface area contributed by atoms with Crippen LogP contribution in [0.2, 0.25) is 0 Å². The van der Waals surface area contributed by atoms with Gasteiger partial charge in [0.15, 0.2) is 0 Å². The number of fused-ring (bicyclic) bond motifs is 1. The van der Waals surface area contributed by atoms with E-state index in [1.165, 1.54) is 11.8 Å². The van der Waals surface area contributed by atoms with Gasteiger partial charge in [-0.3, -0.25) is 0 Å². The van der Waals surface area contributed by atoms with Crippen LogP contribution in [-0.4, -0.2) is 50.3 Å². The molecule has 0 saturated carbocycles. The van der Waals surface area contributed by atoms with Gasteiger partial charge in [-0.1, -0.05) is 11.8 Å². The van der Waals surface area contributed by atoms with Crippen molar-refractivity contribution >= 4 is 10.8 Å². The minimum atomic E-state index is -6.63. The molecule has 0 N–H and O–H groups in total. The largest absolute Gasteiger partial charge is 0.495 e. The first kappa shape index (κ1) is 30.7. The van der Waals surface area contributed by atoms with Gasteiger partial charge in [0.05, 0.1) is 25.3 Å². The van der Waals surface area contributed by atoms with Crippen molar-refractivity contribution in [2.75, 3.05) is 14.2 Å². The number of hydrogen-bond acceptors (Lipinski definition) is 2. The van der Waals surface area contributed by atoms with E-state index in [1.807, 2.05) is 0 Å². The monoisotopic (exact) mass is 572 g/mol. The van der Waals surface area contributed by atoms with Crippen molar-refractivity contribution in [2.45, 2.75) is 36.0 Å². The molecule has 0 aliphatic heterocycles. The van der Waals surface area contributed by atoms with E-state index in [-0.39, 0.29) is 10.8 Å². The number of alkyl halides is 14. The maximum absolute atomic E-state index is 13.5. The van der Waals surface area contributed by atoms with Crippen LogP contribution in [0.5, 0.6) is 11.5 Å². The minimum Gasteiger partial charge on any atom is -0.495 e. The predicted octanol–water partition coefficient (Wildman–Crippen LogP) is 7.23. The molecule has 208 valence electrons. The third kappa shape index (κ3) is 5.21. The Morgan fingerprint density at radius 2 is 0.789 bits per heavy atom. The van der Waals surface area contributed by atoms with Crippen LogP contribution in [0.15, 0.2) is 24.3 Å². The second kappa shape index (κ2) is 9.63.